The van der Waals surface area contributed by atoms with Crippen molar-refractivity contribution in [2.45, 2.75) is 12.5 Å². The number of quaternary nitrogens is 1. The first-order valence-electron chi connectivity index (χ1n) is 6.34. The predicted molar refractivity (Wildman–Crippen MR) is 69.9 cm³/mol. The molecule has 1 heterocycles. The molecule has 4 heteroatoms. The number of benzene rings is 1. The lowest BCUT2D eigenvalue weighted by Crippen LogP contribution is -2.36. The Kier molecular flexibility index (Phi) is 3.78. The third-order valence-corrected chi connectivity index (χ3v) is 3.02. The second-order valence-electron chi connectivity index (χ2n) is 5.72. The number of aliphatic hydroxyl groups excluding tert-OH is 1. The van der Waals surface area contributed by atoms with Crippen molar-refractivity contribution in [1.82, 2.24) is 0 Å². The van der Waals surface area contributed by atoms with E-state index >= 15 is 0 Å². The van der Waals surface area contributed by atoms with Gasteiger partial charge in [0.25, 0.3) is 0 Å². The number of nitrogens with zero attached hydrogens (tertiary/aromatic N) is 1. The van der Waals surface area contributed by atoms with Crippen LogP contribution in [-0.4, -0.2) is 50.5 Å². The summed E-state index contributed by atoms with van der Waals surface area (Å²) in [5.41, 5.74) is 0.896. The lowest BCUT2D eigenvalue weighted by atomic mass is 10.1. The molecule has 0 amide bonds. The van der Waals surface area contributed by atoms with Gasteiger partial charge in [-0.3, -0.25) is 0 Å². The van der Waals surface area contributed by atoms with Crippen LogP contribution in [-0.2, 0) is 0 Å². The zero-order valence-electron chi connectivity index (χ0n) is 11.3. The van der Waals surface area contributed by atoms with Gasteiger partial charge in [-0.1, -0.05) is 6.07 Å². The van der Waals surface area contributed by atoms with Gasteiger partial charge in [-0.05, 0) is 17.7 Å². The van der Waals surface area contributed by atoms with E-state index in [0.29, 0.717) is 13.2 Å². The van der Waals surface area contributed by atoms with Crippen LogP contribution < -0.4 is 9.47 Å². The number of hydrogen-bond acceptors (Lipinski definition) is 3. The van der Waals surface area contributed by atoms with Crippen molar-refractivity contribution in [3.63, 3.8) is 0 Å². The largest absolute Gasteiger partial charge is 0.486 e. The average molecular weight is 252 g/mol. The van der Waals surface area contributed by atoms with E-state index in [1.165, 1.54) is 0 Å². The van der Waals surface area contributed by atoms with E-state index in [-0.39, 0.29) is 0 Å². The summed E-state index contributed by atoms with van der Waals surface area (Å²) in [5, 5.41) is 10.2. The lowest BCUT2D eigenvalue weighted by Gasteiger charge is -2.25. The van der Waals surface area contributed by atoms with Crippen LogP contribution in [0, 0.1) is 0 Å². The van der Waals surface area contributed by atoms with E-state index in [9.17, 15) is 5.11 Å². The minimum atomic E-state index is -0.446. The Morgan fingerprint density at radius 2 is 1.83 bits per heavy atom. The van der Waals surface area contributed by atoms with Gasteiger partial charge in [0.1, 0.15) is 13.2 Å². The molecule has 0 saturated carbocycles. The Bertz CT molecular complexity index is 412. The summed E-state index contributed by atoms with van der Waals surface area (Å²) >= 11 is 0. The van der Waals surface area contributed by atoms with Crippen molar-refractivity contribution < 1.29 is 19.1 Å². The van der Waals surface area contributed by atoms with Crippen LogP contribution in [0.3, 0.4) is 0 Å². The second kappa shape index (κ2) is 5.16. The molecule has 1 N–H and O–H groups in total. The van der Waals surface area contributed by atoms with Gasteiger partial charge >= 0.3 is 0 Å². The number of ether oxygens (including phenoxy) is 2. The number of fused-ring (bicyclic) bond motifs is 1. The smallest absolute Gasteiger partial charge is 0.161 e. The monoisotopic (exact) mass is 252 g/mol. The van der Waals surface area contributed by atoms with Crippen LogP contribution >= 0.6 is 0 Å². The normalized spacial score (nSPS) is 16.4. The Morgan fingerprint density at radius 1 is 1.17 bits per heavy atom. The van der Waals surface area contributed by atoms with Gasteiger partial charge in [0.2, 0.25) is 0 Å². The van der Waals surface area contributed by atoms with E-state index in [2.05, 4.69) is 21.1 Å². The lowest BCUT2D eigenvalue weighted by molar-refractivity contribution is -0.871. The standard InChI is InChI=1S/C14H22NO3/c1-15(2,3)7-6-12(16)11-4-5-13-14(10-11)18-9-8-17-13/h4-5,10,12,16H,6-9H2,1-3H3/q+1. The third kappa shape index (κ3) is 3.37. The first kappa shape index (κ1) is 13.2. The molecule has 100 valence electrons. The molecule has 1 aromatic carbocycles. The van der Waals surface area contributed by atoms with Crippen LogP contribution in [0.15, 0.2) is 18.2 Å². The van der Waals surface area contributed by atoms with Crippen molar-refractivity contribution in [2.24, 2.45) is 0 Å². The van der Waals surface area contributed by atoms with Gasteiger partial charge in [0.05, 0.1) is 33.8 Å². The Balaban J connectivity index is 2.04. The fraction of sp³-hybridized carbons (Fsp3) is 0.571. The van der Waals surface area contributed by atoms with E-state index in [1.54, 1.807) is 0 Å². The molecule has 1 aliphatic rings. The molecule has 1 aliphatic heterocycles. The van der Waals surface area contributed by atoms with E-state index in [0.717, 1.165) is 34.5 Å². The maximum Gasteiger partial charge on any atom is 0.161 e. The zero-order valence-corrected chi connectivity index (χ0v) is 11.3. The summed E-state index contributed by atoms with van der Waals surface area (Å²) in [4.78, 5) is 0. The number of rotatable bonds is 4. The average Bonchev–Trinajstić information content (AvgIpc) is 2.34. The van der Waals surface area contributed by atoms with Crippen LogP contribution in [0.5, 0.6) is 11.5 Å². The SMILES string of the molecule is C[N+](C)(C)CCC(O)c1ccc2c(c1)OCCO2. The molecule has 2 rings (SSSR count). The van der Waals surface area contributed by atoms with E-state index in [4.69, 9.17) is 9.47 Å². The van der Waals surface area contributed by atoms with Crippen molar-refractivity contribution in [1.29, 1.82) is 0 Å². The summed E-state index contributed by atoms with van der Waals surface area (Å²) in [6.45, 7) is 2.09. The minimum absolute atomic E-state index is 0.446. The highest BCUT2D eigenvalue weighted by atomic mass is 16.6. The summed E-state index contributed by atoms with van der Waals surface area (Å²) in [6.07, 6.45) is 0.293. The zero-order chi connectivity index (χ0) is 13.2. The number of aliphatic hydroxyl groups is 1. The maximum atomic E-state index is 10.2. The molecule has 1 atom stereocenters. The molecule has 0 bridgehead atoms. The third-order valence-electron chi connectivity index (χ3n) is 3.02. The highest BCUT2D eigenvalue weighted by Crippen LogP contribution is 2.33. The molecule has 18 heavy (non-hydrogen) atoms. The predicted octanol–water partition coefficient (Wildman–Crippen LogP) is 1.59. The highest BCUT2D eigenvalue weighted by molar-refractivity contribution is 5.44. The molecule has 4 nitrogen and oxygen atoms in total. The van der Waals surface area contributed by atoms with Crippen LogP contribution in [0.2, 0.25) is 0 Å². The highest BCUT2D eigenvalue weighted by Gasteiger charge is 2.17. The summed E-state index contributed by atoms with van der Waals surface area (Å²) in [5.74, 6) is 1.51. The van der Waals surface area contributed by atoms with Crippen molar-refractivity contribution in [3.05, 3.63) is 23.8 Å². The summed E-state index contributed by atoms with van der Waals surface area (Å²) in [7, 11) is 6.36. The fourth-order valence-corrected chi connectivity index (χ4v) is 1.94. The molecule has 1 aromatic rings. The van der Waals surface area contributed by atoms with Gasteiger partial charge in [0, 0.05) is 6.42 Å². The van der Waals surface area contributed by atoms with E-state index in [1.807, 2.05) is 18.2 Å². The van der Waals surface area contributed by atoms with Crippen LogP contribution in [0.25, 0.3) is 0 Å². The fourth-order valence-electron chi connectivity index (χ4n) is 1.94. The van der Waals surface area contributed by atoms with Crippen molar-refractivity contribution >= 4 is 0 Å². The van der Waals surface area contributed by atoms with Crippen LogP contribution in [0.1, 0.15) is 18.1 Å². The maximum absolute atomic E-state index is 10.2. The molecular formula is C14H22NO3+. The first-order chi connectivity index (χ1) is 8.46. The van der Waals surface area contributed by atoms with Gasteiger partial charge in [-0.2, -0.15) is 0 Å². The second-order valence-corrected chi connectivity index (χ2v) is 5.72. The minimum Gasteiger partial charge on any atom is -0.486 e. The molecule has 0 aromatic heterocycles. The van der Waals surface area contributed by atoms with Gasteiger partial charge in [-0.15, -0.1) is 0 Å². The quantitative estimate of drug-likeness (QED) is 0.827. The molecule has 0 aliphatic carbocycles. The van der Waals surface area contributed by atoms with Crippen molar-refractivity contribution in [2.75, 3.05) is 40.9 Å². The van der Waals surface area contributed by atoms with Gasteiger partial charge in [0.15, 0.2) is 11.5 Å². The molecular weight excluding hydrogens is 230 g/mol. The molecule has 1 unspecified atom stereocenters. The first-order valence-corrected chi connectivity index (χ1v) is 6.34. The topological polar surface area (TPSA) is 38.7 Å². The van der Waals surface area contributed by atoms with Crippen LogP contribution in [0.4, 0.5) is 0 Å². The van der Waals surface area contributed by atoms with Gasteiger partial charge < -0.3 is 19.1 Å². The molecule has 0 fully saturated rings. The van der Waals surface area contributed by atoms with E-state index < -0.39 is 6.10 Å². The Hall–Kier alpha value is -1.26. The molecule has 0 spiro atoms. The molecule has 0 saturated heterocycles. The molecule has 0 radical (unpaired) electrons. The van der Waals surface area contributed by atoms with Gasteiger partial charge in [-0.25, -0.2) is 0 Å². The summed E-state index contributed by atoms with van der Waals surface area (Å²) in [6, 6.07) is 5.67. The number of hydrogen-bond donors (Lipinski definition) is 1. The van der Waals surface area contributed by atoms with Crippen molar-refractivity contribution in [3.8, 4) is 11.5 Å². The summed E-state index contributed by atoms with van der Waals surface area (Å²) < 4.78 is 11.8. The Morgan fingerprint density at radius 3 is 2.50 bits per heavy atom. The Labute approximate surface area is 108 Å².